The van der Waals surface area contributed by atoms with E-state index in [1.54, 1.807) is 18.2 Å². The molecule has 21 heavy (non-hydrogen) atoms. The van der Waals surface area contributed by atoms with E-state index in [2.05, 4.69) is 5.32 Å². The zero-order valence-electron chi connectivity index (χ0n) is 11.4. The third-order valence-electron chi connectivity index (χ3n) is 3.56. The number of methoxy groups -OCH3 is 1. The smallest absolute Gasteiger partial charge is 0.228 e. The van der Waals surface area contributed by atoms with Crippen LogP contribution in [0.2, 0.25) is 0 Å². The molecule has 5 heteroatoms. The van der Waals surface area contributed by atoms with Crippen LogP contribution in [0.5, 0.6) is 5.75 Å². The van der Waals surface area contributed by atoms with E-state index >= 15 is 0 Å². The highest BCUT2D eigenvalue weighted by atomic mass is 19.1. The Bertz CT molecular complexity index is 715. The van der Waals surface area contributed by atoms with Crippen LogP contribution in [0.15, 0.2) is 36.4 Å². The number of aliphatic hydroxyl groups is 1. The number of ether oxygens (including phenoxy) is 1. The second-order valence-corrected chi connectivity index (χ2v) is 4.94. The quantitative estimate of drug-likeness (QED) is 0.911. The Kier molecular flexibility index (Phi) is 3.35. The molecule has 0 bridgehead atoms. The summed E-state index contributed by atoms with van der Waals surface area (Å²) in [5, 5.41) is 13.2. The molecule has 0 aromatic heterocycles. The highest BCUT2D eigenvalue weighted by molar-refractivity contribution is 5.99. The average molecular weight is 287 g/mol. The van der Waals surface area contributed by atoms with E-state index in [4.69, 9.17) is 4.74 Å². The maximum Gasteiger partial charge on any atom is 0.228 e. The number of hydrogen-bond acceptors (Lipinski definition) is 3. The number of nitrogens with one attached hydrogen (secondary N) is 1. The van der Waals surface area contributed by atoms with E-state index in [1.807, 2.05) is 0 Å². The van der Waals surface area contributed by atoms with Gasteiger partial charge in [-0.05, 0) is 34.9 Å². The lowest BCUT2D eigenvalue weighted by molar-refractivity contribution is -0.115. The molecule has 2 aromatic carbocycles. The molecule has 4 nitrogen and oxygen atoms in total. The molecule has 1 aliphatic heterocycles. The molecule has 1 amide bonds. The first kappa shape index (κ1) is 13.6. The molecule has 0 saturated heterocycles. The molecular weight excluding hydrogens is 273 g/mol. The summed E-state index contributed by atoms with van der Waals surface area (Å²) < 4.78 is 18.3. The van der Waals surface area contributed by atoms with Crippen molar-refractivity contribution in [2.45, 2.75) is 12.5 Å². The summed E-state index contributed by atoms with van der Waals surface area (Å²) in [6, 6.07) is 9.53. The molecule has 1 aliphatic rings. The highest BCUT2D eigenvalue weighted by Gasteiger charge is 2.20. The summed E-state index contributed by atoms with van der Waals surface area (Å²) in [6.45, 7) is 0. The predicted molar refractivity (Wildman–Crippen MR) is 75.8 cm³/mol. The average Bonchev–Trinajstić information content (AvgIpc) is 2.86. The van der Waals surface area contributed by atoms with Crippen LogP contribution in [-0.4, -0.2) is 18.1 Å². The normalized spacial score (nSPS) is 14.5. The molecule has 1 atom stereocenters. The van der Waals surface area contributed by atoms with Crippen LogP contribution in [0.1, 0.15) is 22.8 Å². The third-order valence-corrected chi connectivity index (χ3v) is 3.56. The van der Waals surface area contributed by atoms with E-state index in [0.29, 0.717) is 17.5 Å². The Hall–Kier alpha value is -2.40. The standard InChI is InChI=1S/C16H14FNO3/c1-21-14-7-10(2-4-12(14)17)16(20)9-3-5-13-11(6-9)8-15(19)18-13/h2-7,16,20H,8H2,1H3,(H,18,19). The lowest BCUT2D eigenvalue weighted by Crippen LogP contribution is -2.03. The molecule has 0 saturated carbocycles. The van der Waals surface area contributed by atoms with Crippen molar-refractivity contribution in [3.8, 4) is 5.75 Å². The molecule has 2 N–H and O–H groups in total. The van der Waals surface area contributed by atoms with Crippen LogP contribution in [0.25, 0.3) is 0 Å². The van der Waals surface area contributed by atoms with Crippen LogP contribution >= 0.6 is 0 Å². The van der Waals surface area contributed by atoms with E-state index in [-0.39, 0.29) is 11.7 Å². The predicted octanol–water partition coefficient (Wildman–Crippen LogP) is 2.41. The zero-order chi connectivity index (χ0) is 15.0. The lowest BCUT2D eigenvalue weighted by Gasteiger charge is -2.14. The van der Waals surface area contributed by atoms with Crippen LogP contribution in [0.4, 0.5) is 10.1 Å². The van der Waals surface area contributed by atoms with Gasteiger partial charge in [0.25, 0.3) is 0 Å². The van der Waals surface area contributed by atoms with E-state index in [0.717, 1.165) is 11.3 Å². The zero-order valence-corrected chi connectivity index (χ0v) is 11.4. The van der Waals surface area contributed by atoms with E-state index in [9.17, 15) is 14.3 Å². The van der Waals surface area contributed by atoms with Crippen molar-refractivity contribution >= 4 is 11.6 Å². The molecule has 108 valence electrons. The van der Waals surface area contributed by atoms with Gasteiger partial charge in [0.15, 0.2) is 11.6 Å². The fourth-order valence-corrected chi connectivity index (χ4v) is 2.46. The van der Waals surface area contributed by atoms with Gasteiger partial charge in [-0.2, -0.15) is 0 Å². The number of hydrogen-bond donors (Lipinski definition) is 2. The molecule has 2 aromatic rings. The highest BCUT2D eigenvalue weighted by Crippen LogP contribution is 2.31. The lowest BCUT2D eigenvalue weighted by atomic mass is 9.98. The van der Waals surface area contributed by atoms with Crippen molar-refractivity contribution in [3.05, 3.63) is 58.9 Å². The second kappa shape index (κ2) is 5.18. The number of carbonyl (C=O) groups is 1. The first-order chi connectivity index (χ1) is 10.1. The van der Waals surface area contributed by atoms with Crippen molar-refractivity contribution in [1.29, 1.82) is 0 Å². The van der Waals surface area contributed by atoms with E-state index in [1.165, 1.54) is 25.3 Å². The fraction of sp³-hybridized carbons (Fsp3) is 0.188. The van der Waals surface area contributed by atoms with Gasteiger partial charge >= 0.3 is 0 Å². The van der Waals surface area contributed by atoms with Crippen molar-refractivity contribution in [2.75, 3.05) is 12.4 Å². The van der Waals surface area contributed by atoms with Gasteiger partial charge in [0.1, 0.15) is 6.10 Å². The van der Waals surface area contributed by atoms with Gasteiger partial charge in [-0.3, -0.25) is 4.79 Å². The molecule has 0 aliphatic carbocycles. The summed E-state index contributed by atoms with van der Waals surface area (Å²) in [5.74, 6) is -0.443. The number of amides is 1. The van der Waals surface area contributed by atoms with Crippen molar-refractivity contribution in [2.24, 2.45) is 0 Å². The summed E-state index contributed by atoms with van der Waals surface area (Å²) in [4.78, 5) is 11.3. The SMILES string of the molecule is COc1cc(C(O)c2ccc3c(c2)CC(=O)N3)ccc1F. The van der Waals surface area contributed by atoms with Gasteiger partial charge in [-0.25, -0.2) is 4.39 Å². The molecule has 0 spiro atoms. The van der Waals surface area contributed by atoms with E-state index < -0.39 is 11.9 Å². The first-order valence-electron chi connectivity index (χ1n) is 6.52. The summed E-state index contributed by atoms with van der Waals surface area (Å²) >= 11 is 0. The fourth-order valence-electron chi connectivity index (χ4n) is 2.46. The van der Waals surface area contributed by atoms with Gasteiger partial charge in [-0.1, -0.05) is 18.2 Å². The number of rotatable bonds is 3. The van der Waals surface area contributed by atoms with Crippen LogP contribution in [0.3, 0.4) is 0 Å². The van der Waals surface area contributed by atoms with Gasteiger partial charge in [0, 0.05) is 5.69 Å². The number of carbonyl (C=O) groups excluding carboxylic acids is 1. The summed E-state index contributed by atoms with van der Waals surface area (Å²) in [5.41, 5.74) is 2.81. The van der Waals surface area contributed by atoms with Gasteiger partial charge < -0.3 is 15.2 Å². The maximum absolute atomic E-state index is 13.4. The largest absolute Gasteiger partial charge is 0.494 e. The molecule has 1 heterocycles. The van der Waals surface area contributed by atoms with Crippen molar-refractivity contribution < 1.29 is 19.0 Å². The Balaban J connectivity index is 1.94. The number of aliphatic hydroxyl groups excluding tert-OH is 1. The Labute approximate surface area is 121 Å². The Morgan fingerprint density at radius 2 is 1.95 bits per heavy atom. The van der Waals surface area contributed by atoms with Gasteiger partial charge in [0.05, 0.1) is 13.5 Å². The molecule has 3 rings (SSSR count). The number of benzene rings is 2. The Morgan fingerprint density at radius 3 is 2.71 bits per heavy atom. The minimum atomic E-state index is -0.902. The minimum absolute atomic E-state index is 0.0555. The van der Waals surface area contributed by atoms with Gasteiger partial charge in [-0.15, -0.1) is 0 Å². The number of halogens is 1. The maximum atomic E-state index is 13.4. The van der Waals surface area contributed by atoms with Crippen LogP contribution < -0.4 is 10.1 Å². The second-order valence-electron chi connectivity index (χ2n) is 4.94. The molecule has 0 fully saturated rings. The Morgan fingerprint density at radius 1 is 1.24 bits per heavy atom. The summed E-state index contributed by atoms with van der Waals surface area (Å²) in [6.07, 6.45) is -0.594. The monoisotopic (exact) mass is 287 g/mol. The van der Waals surface area contributed by atoms with Crippen molar-refractivity contribution in [1.82, 2.24) is 0 Å². The first-order valence-corrected chi connectivity index (χ1v) is 6.52. The molecule has 0 radical (unpaired) electrons. The third kappa shape index (κ3) is 2.48. The topological polar surface area (TPSA) is 58.6 Å². The van der Waals surface area contributed by atoms with Crippen molar-refractivity contribution in [3.63, 3.8) is 0 Å². The number of anilines is 1. The van der Waals surface area contributed by atoms with Crippen LogP contribution in [0, 0.1) is 5.82 Å². The minimum Gasteiger partial charge on any atom is -0.494 e. The van der Waals surface area contributed by atoms with Gasteiger partial charge in [0.2, 0.25) is 5.91 Å². The van der Waals surface area contributed by atoms with Crippen LogP contribution in [-0.2, 0) is 11.2 Å². The molecule has 1 unspecified atom stereocenters. The summed E-state index contributed by atoms with van der Waals surface area (Å²) in [7, 11) is 1.38. The molecular formula is C16H14FNO3. The number of fused-ring (bicyclic) bond motifs is 1.